The van der Waals surface area contributed by atoms with Gasteiger partial charge in [0.2, 0.25) is 5.91 Å². The molecule has 53 heavy (non-hydrogen) atoms. The second kappa shape index (κ2) is 20.5. The molecule has 0 aliphatic heterocycles. The number of benzene rings is 2. The van der Waals surface area contributed by atoms with Gasteiger partial charge in [0.1, 0.15) is 58.6 Å². The lowest BCUT2D eigenvalue weighted by Gasteiger charge is -2.24. The molecule has 0 aliphatic carbocycles. The highest BCUT2D eigenvalue weighted by atomic mass is 35.5. The topological polar surface area (TPSA) is 193 Å². The number of nitrogens with two attached hydrogens (primary N) is 2. The van der Waals surface area contributed by atoms with Crippen molar-refractivity contribution in [3.8, 4) is 39.6 Å². The van der Waals surface area contributed by atoms with Crippen LogP contribution in [0.2, 0.25) is 5.02 Å². The largest absolute Gasteiger partial charge is 0.490 e. The van der Waals surface area contributed by atoms with Crippen molar-refractivity contribution in [1.82, 2.24) is 15.3 Å². The van der Waals surface area contributed by atoms with Gasteiger partial charge in [-0.3, -0.25) is 4.79 Å². The van der Waals surface area contributed by atoms with Crippen LogP contribution in [0.1, 0.15) is 56.9 Å². The number of hydrogen-bond donors (Lipinski definition) is 3. The Labute approximate surface area is 323 Å². The van der Waals surface area contributed by atoms with E-state index in [0.29, 0.717) is 75.7 Å². The number of ether oxygens (including phenoxy) is 2. The molecule has 2 atom stereocenters. The van der Waals surface area contributed by atoms with Crippen molar-refractivity contribution in [2.24, 2.45) is 11.5 Å². The van der Waals surface area contributed by atoms with Crippen molar-refractivity contribution in [3.05, 3.63) is 75.8 Å². The first-order valence-electron chi connectivity index (χ1n) is 17.3. The van der Waals surface area contributed by atoms with Crippen LogP contribution in [0.5, 0.6) is 5.75 Å². The smallest absolute Gasteiger partial charge is 0.328 e. The van der Waals surface area contributed by atoms with Crippen molar-refractivity contribution >= 4 is 52.4 Å². The first-order valence-corrected chi connectivity index (χ1v) is 19.5. The molecular formula is C38H43ClN8O4S2. The summed E-state index contributed by atoms with van der Waals surface area (Å²) in [6.07, 6.45) is 1.97. The molecule has 5 N–H and O–H groups in total. The molecule has 0 spiro atoms. The number of unbranched alkanes of at least 4 members (excludes halogenated alkanes) is 1. The maximum absolute atomic E-state index is 12.4. The number of aromatic nitrogens is 2. The number of thiazole rings is 1. The lowest BCUT2D eigenvalue weighted by Crippen LogP contribution is -2.47. The van der Waals surface area contributed by atoms with E-state index in [0.717, 1.165) is 29.1 Å². The number of pyridine rings is 1. The minimum atomic E-state index is -0.871. The molecule has 0 saturated heterocycles. The van der Waals surface area contributed by atoms with Gasteiger partial charge in [-0.25, -0.2) is 14.8 Å². The fraction of sp³-hybridized carbons (Fsp3) is 0.368. The lowest BCUT2D eigenvalue weighted by atomic mass is 9.96. The molecule has 0 aliphatic rings. The molecule has 1 amide bonds. The van der Waals surface area contributed by atoms with Crippen molar-refractivity contribution in [1.29, 1.82) is 10.5 Å². The predicted molar refractivity (Wildman–Crippen MR) is 210 cm³/mol. The zero-order valence-electron chi connectivity index (χ0n) is 29.9. The number of esters is 1. The van der Waals surface area contributed by atoms with E-state index in [1.807, 2.05) is 48.4 Å². The molecule has 0 saturated carbocycles. The van der Waals surface area contributed by atoms with Crippen LogP contribution in [0.25, 0.3) is 21.7 Å². The average Bonchev–Trinajstić information content (AvgIpc) is 3.65. The van der Waals surface area contributed by atoms with Crippen LogP contribution < -0.4 is 26.4 Å². The Hall–Kier alpha value is -4.70. The molecule has 0 fully saturated rings. The Balaban J connectivity index is 1.46. The highest BCUT2D eigenvalue weighted by Gasteiger charge is 2.25. The Morgan fingerprint density at radius 1 is 1.00 bits per heavy atom. The first-order chi connectivity index (χ1) is 25.6. The van der Waals surface area contributed by atoms with Crippen LogP contribution in [0.15, 0.2) is 58.9 Å². The summed E-state index contributed by atoms with van der Waals surface area (Å²) in [6.45, 7) is 7.31. The van der Waals surface area contributed by atoms with Gasteiger partial charge in [-0.15, -0.1) is 11.3 Å². The van der Waals surface area contributed by atoms with Crippen LogP contribution in [0, 0.1) is 22.7 Å². The Kier molecular flexibility index (Phi) is 15.9. The Morgan fingerprint density at radius 3 is 2.32 bits per heavy atom. The molecule has 278 valence electrons. The van der Waals surface area contributed by atoms with E-state index in [2.05, 4.69) is 17.5 Å². The molecule has 2 aromatic carbocycles. The highest BCUT2D eigenvalue weighted by molar-refractivity contribution is 7.98. The number of carbonyl (C=O) groups excluding carboxylic acids is 2. The zero-order chi connectivity index (χ0) is 38.3. The standard InChI is InChI=1S/C38H43ClN8O4S2/c1-4-47(5-2)34-30(20-41)33(31(21-42)37(46-34)53-23-28-22-52-36(45-28)26-9-13-27(39)14-10-26)25-11-15-29(16-12-25)50-18-19-51-38(49)24(3)44-35(48)32(43)8-6-7-17-40/h9-16,22,24,32H,4-8,17-19,23,40,43H2,1-3H3,(H,44,48)/t24-,32-/m0/s1. The summed E-state index contributed by atoms with van der Waals surface area (Å²) in [7, 11) is 0. The van der Waals surface area contributed by atoms with E-state index in [-0.39, 0.29) is 13.2 Å². The quantitative estimate of drug-likeness (QED) is 0.0549. The number of nitrogens with one attached hydrogen (secondary N) is 1. The summed E-state index contributed by atoms with van der Waals surface area (Å²) >= 11 is 8.98. The molecule has 2 aromatic heterocycles. The van der Waals surface area contributed by atoms with Crippen LogP contribution >= 0.6 is 34.7 Å². The van der Waals surface area contributed by atoms with Gasteiger partial charge in [-0.2, -0.15) is 10.5 Å². The summed E-state index contributed by atoms with van der Waals surface area (Å²) < 4.78 is 11.1. The van der Waals surface area contributed by atoms with E-state index in [1.165, 1.54) is 30.0 Å². The minimum Gasteiger partial charge on any atom is -0.490 e. The summed E-state index contributed by atoms with van der Waals surface area (Å²) in [5.74, 6) is 0.454. The maximum Gasteiger partial charge on any atom is 0.328 e. The van der Waals surface area contributed by atoms with E-state index in [9.17, 15) is 20.1 Å². The van der Waals surface area contributed by atoms with Crippen LogP contribution in [0.3, 0.4) is 0 Å². The van der Waals surface area contributed by atoms with Gasteiger partial charge in [0.15, 0.2) is 0 Å². The van der Waals surface area contributed by atoms with E-state index in [4.69, 9.17) is 42.5 Å². The van der Waals surface area contributed by atoms with Gasteiger partial charge < -0.3 is 31.2 Å². The molecule has 15 heteroatoms. The number of nitrogens with zero attached hydrogens (tertiary/aromatic N) is 5. The number of hydrogen-bond acceptors (Lipinski definition) is 13. The number of carbonyl (C=O) groups is 2. The highest BCUT2D eigenvalue weighted by Crippen LogP contribution is 2.39. The van der Waals surface area contributed by atoms with E-state index in [1.54, 1.807) is 24.3 Å². The third-order valence-corrected chi connectivity index (χ3v) is 10.4. The number of anilines is 1. The van der Waals surface area contributed by atoms with Gasteiger partial charge in [-0.1, -0.05) is 54.0 Å². The number of halogens is 1. The van der Waals surface area contributed by atoms with Crippen molar-refractivity contribution in [2.45, 2.75) is 62.9 Å². The van der Waals surface area contributed by atoms with Crippen LogP contribution in [-0.4, -0.2) is 66.8 Å². The number of nitriles is 2. The van der Waals surface area contributed by atoms with E-state index < -0.39 is 24.0 Å². The second-order valence-corrected chi connectivity index (χ2v) is 14.1. The summed E-state index contributed by atoms with van der Waals surface area (Å²) in [5.41, 5.74) is 15.0. The third-order valence-electron chi connectivity index (χ3n) is 8.19. The predicted octanol–water partition coefficient (Wildman–Crippen LogP) is 6.29. The third kappa shape index (κ3) is 11.2. The molecule has 4 aromatic rings. The molecule has 4 rings (SSSR count). The van der Waals surface area contributed by atoms with Gasteiger partial charge in [0.25, 0.3) is 0 Å². The van der Waals surface area contributed by atoms with Crippen molar-refractivity contribution in [2.75, 3.05) is 37.7 Å². The normalized spacial score (nSPS) is 11.9. The summed E-state index contributed by atoms with van der Waals surface area (Å²) in [6, 6.07) is 17.6. The van der Waals surface area contributed by atoms with Gasteiger partial charge >= 0.3 is 5.97 Å². The molecular weight excluding hydrogens is 732 g/mol. The van der Waals surface area contributed by atoms with E-state index >= 15 is 0 Å². The monoisotopic (exact) mass is 774 g/mol. The molecule has 0 unspecified atom stereocenters. The Bertz CT molecular complexity index is 1920. The first kappa shape index (κ1) is 41.1. The Morgan fingerprint density at radius 2 is 1.68 bits per heavy atom. The lowest BCUT2D eigenvalue weighted by molar-refractivity contribution is -0.148. The fourth-order valence-corrected chi connectivity index (χ4v) is 7.24. The SMILES string of the molecule is CCN(CC)c1nc(SCc2csc(-c3ccc(Cl)cc3)n2)c(C#N)c(-c2ccc(OCCOC(=O)[C@H](C)NC(=O)[C@@H](N)CCCCN)cc2)c1C#N. The fourth-order valence-electron chi connectivity index (χ4n) is 5.31. The molecule has 12 nitrogen and oxygen atoms in total. The average molecular weight is 775 g/mol. The molecule has 2 heterocycles. The van der Waals surface area contributed by atoms with Crippen LogP contribution in [0.4, 0.5) is 5.82 Å². The maximum atomic E-state index is 12.4. The second-order valence-electron chi connectivity index (χ2n) is 11.9. The molecule has 0 bridgehead atoms. The number of thioether (sulfide) groups is 1. The molecule has 0 radical (unpaired) electrons. The van der Waals surface area contributed by atoms with Gasteiger partial charge in [-0.05, 0) is 70.0 Å². The van der Waals surface area contributed by atoms with Crippen molar-refractivity contribution in [3.63, 3.8) is 0 Å². The zero-order valence-corrected chi connectivity index (χ0v) is 32.3. The van der Waals surface area contributed by atoms with Crippen molar-refractivity contribution < 1.29 is 19.1 Å². The minimum absolute atomic E-state index is 0.0428. The number of rotatable bonds is 19. The summed E-state index contributed by atoms with van der Waals surface area (Å²) in [5, 5.41) is 27.4. The number of amides is 1. The van der Waals surface area contributed by atoms with Gasteiger partial charge in [0.05, 0.1) is 17.3 Å². The van der Waals surface area contributed by atoms with Gasteiger partial charge in [0, 0.05) is 40.4 Å². The summed E-state index contributed by atoms with van der Waals surface area (Å²) in [4.78, 5) is 36.4. The van der Waals surface area contributed by atoms with Crippen LogP contribution in [-0.2, 0) is 20.1 Å².